The summed E-state index contributed by atoms with van der Waals surface area (Å²) >= 11 is 21.0. The van der Waals surface area contributed by atoms with Crippen molar-refractivity contribution in [2.75, 3.05) is 0 Å². The second-order valence-corrected chi connectivity index (χ2v) is 11.2. The fourth-order valence-electron chi connectivity index (χ4n) is 4.45. The van der Waals surface area contributed by atoms with Crippen LogP contribution in [0.4, 0.5) is 0 Å². The third-order valence-electron chi connectivity index (χ3n) is 5.82. The fourth-order valence-corrected chi connectivity index (χ4v) is 5.33. The quantitative estimate of drug-likeness (QED) is 0.317. The molecule has 0 aromatic carbocycles. The molecule has 4 rings (SSSR count). The van der Waals surface area contributed by atoms with Crippen LogP contribution in [0.2, 0.25) is 0 Å². The Morgan fingerprint density at radius 1 is 0.516 bits per heavy atom. The number of rotatable bonds is 0. The van der Waals surface area contributed by atoms with Crippen LogP contribution in [0.15, 0.2) is 19.6 Å². The molecule has 0 aromatic rings. The fraction of sp³-hybridized carbons (Fsp3) is 0.818. The zero-order valence-corrected chi connectivity index (χ0v) is 22.8. The van der Waals surface area contributed by atoms with Crippen LogP contribution < -0.4 is 0 Å². The second kappa shape index (κ2) is 11.4. The van der Waals surface area contributed by atoms with Gasteiger partial charge in [-0.05, 0) is 53.4 Å². The third-order valence-corrected chi connectivity index (χ3v) is 7.88. The normalized spacial score (nSPS) is 39.4. The van der Waals surface area contributed by atoms with E-state index in [1.165, 1.54) is 0 Å². The van der Waals surface area contributed by atoms with E-state index >= 15 is 0 Å². The Kier molecular flexibility index (Phi) is 10.3. The molecule has 4 nitrogen and oxygen atoms in total. The minimum atomic E-state index is -0.442. The molecule has 0 aromatic heterocycles. The van der Waals surface area contributed by atoms with Crippen LogP contribution in [0.1, 0.15) is 79.1 Å². The molecule has 9 heteroatoms. The first-order chi connectivity index (χ1) is 14.0. The second-order valence-electron chi connectivity index (χ2n) is 9.27. The number of hydrogen-bond acceptors (Lipinski definition) is 8. The van der Waals surface area contributed by atoms with E-state index in [0.717, 1.165) is 71.0 Å². The van der Waals surface area contributed by atoms with E-state index in [1.54, 1.807) is 0 Å². The van der Waals surface area contributed by atoms with Gasteiger partial charge in [0, 0.05) is 16.5 Å². The summed E-state index contributed by atoms with van der Waals surface area (Å²) in [5, 5.41) is 0. The minimum absolute atomic E-state index is 0. The number of ether oxygens (including phenoxy) is 4. The van der Waals surface area contributed by atoms with E-state index in [-0.39, 0.29) is 40.9 Å². The summed E-state index contributed by atoms with van der Waals surface area (Å²) in [6.07, 6.45) is 8.01. The Labute approximate surface area is 219 Å². The Hall–Kier alpha value is 0.694. The van der Waals surface area contributed by atoms with Gasteiger partial charge in [0.05, 0.1) is 24.4 Å². The van der Waals surface area contributed by atoms with Crippen LogP contribution in [-0.4, -0.2) is 36.0 Å². The Morgan fingerprint density at radius 2 is 0.710 bits per heavy atom. The van der Waals surface area contributed by atoms with E-state index in [2.05, 4.69) is 0 Å². The SMILES string of the molecule is CC1(C)OC2CC/C([S-])=C(/[S-])CCC2O1.CC1(C)OC2CC/C([S-])=C(/[S-])CCC2O1.[Ni]. The van der Waals surface area contributed by atoms with Crippen molar-refractivity contribution in [3.63, 3.8) is 0 Å². The minimum Gasteiger partial charge on any atom is -0.786 e. The van der Waals surface area contributed by atoms with Crippen LogP contribution in [0.3, 0.4) is 0 Å². The average molecular weight is 547 g/mol. The predicted octanol–water partition coefficient (Wildman–Crippen LogP) is 4.77. The van der Waals surface area contributed by atoms with Gasteiger partial charge in [0.2, 0.25) is 0 Å². The van der Waals surface area contributed by atoms with Gasteiger partial charge < -0.3 is 69.5 Å². The number of allylic oxidation sites excluding steroid dienone is 4. The molecule has 2 saturated heterocycles. The van der Waals surface area contributed by atoms with Gasteiger partial charge in [0.1, 0.15) is 0 Å². The van der Waals surface area contributed by atoms with Crippen molar-refractivity contribution in [3.8, 4) is 0 Å². The van der Waals surface area contributed by atoms with E-state index in [9.17, 15) is 0 Å². The van der Waals surface area contributed by atoms with Crippen LogP contribution >= 0.6 is 0 Å². The van der Waals surface area contributed by atoms with Gasteiger partial charge in [0.25, 0.3) is 0 Å². The van der Waals surface area contributed by atoms with E-state index in [4.69, 9.17) is 69.5 Å². The molecule has 31 heavy (non-hydrogen) atoms. The molecule has 2 heterocycles. The molecule has 4 atom stereocenters. The van der Waals surface area contributed by atoms with Crippen LogP contribution in [0, 0.1) is 0 Å². The van der Waals surface area contributed by atoms with Crippen molar-refractivity contribution in [2.45, 2.75) is 115 Å². The molecule has 0 radical (unpaired) electrons. The summed E-state index contributed by atoms with van der Waals surface area (Å²) in [4.78, 5) is 3.77. The molecular weight excluding hydrogens is 515 g/mol. The molecule has 0 saturated carbocycles. The average Bonchev–Trinajstić information content (AvgIpc) is 3.12. The Bertz CT molecular complexity index is 585. The van der Waals surface area contributed by atoms with E-state index in [1.807, 2.05) is 27.7 Å². The predicted molar refractivity (Wildman–Crippen MR) is 128 cm³/mol. The largest absolute Gasteiger partial charge is 0.786 e. The van der Waals surface area contributed by atoms with Gasteiger partial charge >= 0.3 is 0 Å². The summed E-state index contributed by atoms with van der Waals surface area (Å²) in [7, 11) is 0. The molecule has 0 spiro atoms. The number of fused-ring (bicyclic) bond motifs is 2. The standard InChI is InChI=1S/2C11H18O2S2.Ni/c2*1-11(2)12-7-3-5-9(14)10(15)6-4-8(7)13-11;/h2*7-8,14-15H,3-6H2,1-2H3;/p-4/b2*10-9-;. The van der Waals surface area contributed by atoms with Gasteiger partial charge in [-0.25, -0.2) is 19.6 Å². The van der Waals surface area contributed by atoms with Crippen molar-refractivity contribution in [2.24, 2.45) is 0 Å². The molecule has 2 fully saturated rings. The zero-order chi connectivity index (χ0) is 22.1. The first kappa shape index (κ1) is 27.9. The number of hydrogen-bond donors (Lipinski definition) is 0. The smallest absolute Gasteiger partial charge is 0.163 e. The summed E-state index contributed by atoms with van der Waals surface area (Å²) < 4.78 is 23.4. The van der Waals surface area contributed by atoms with E-state index < -0.39 is 11.6 Å². The van der Waals surface area contributed by atoms with Crippen LogP contribution in [-0.2, 0) is 86.0 Å². The maximum Gasteiger partial charge on any atom is 0.163 e. The molecular formula is C22H32NiO4S4-4. The van der Waals surface area contributed by atoms with Gasteiger partial charge in [-0.15, -0.1) is 0 Å². The maximum atomic E-state index is 5.85. The molecule has 2 aliphatic heterocycles. The van der Waals surface area contributed by atoms with Gasteiger partial charge in [-0.1, -0.05) is 25.7 Å². The molecule has 2 aliphatic carbocycles. The van der Waals surface area contributed by atoms with Crippen molar-refractivity contribution in [3.05, 3.63) is 19.6 Å². The molecule has 0 N–H and O–H groups in total. The summed E-state index contributed by atoms with van der Waals surface area (Å²) in [6, 6.07) is 0. The van der Waals surface area contributed by atoms with Crippen LogP contribution in [0.25, 0.3) is 0 Å². The van der Waals surface area contributed by atoms with Crippen molar-refractivity contribution >= 4 is 50.5 Å². The molecule has 0 amide bonds. The van der Waals surface area contributed by atoms with Gasteiger partial charge in [-0.3, -0.25) is 0 Å². The monoisotopic (exact) mass is 546 g/mol. The van der Waals surface area contributed by atoms with Crippen molar-refractivity contribution in [1.29, 1.82) is 0 Å². The van der Waals surface area contributed by atoms with Crippen molar-refractivity contribution < 1.29 is 35.4 Å². The van der Waals surface area contributed by atoms with Crippen molar-refractivity contribution in [1.82, 2.24) is 0 Å². The Balaban J connectivity index is 0.000000213. The van der Waals surface area contributed by atoms with Gasteiger partial charge in [0.15, 0.2) is 11.6 Å². The molecule has 0 bridgehead atoms. The van der Waals surface area contributed by atoms with Crippen LogP contribution in [0.5, 0.6) is 0 Å². The first-order valence-corrected chi connectivity index (χ1v) is 12.4. The zero-order valence-electron chi connectivity index (χ0n) is 18.5. The third kappa shape index (κ3) is 7.86. The topological polar surface area (TPSA) is 36.9 Å². The molecule has 4 aliphatic rings. The summed E-state index contributed by atoms with van der Waals surface area (Å²) in [6.45, 7) is 7.87. The molecule has 4 unspecified atom stereocenters. The maximum absolute atomic E-state index is 5.85. The van der Waals surface area contributed by atoms with E-state index in [0.29, 0.717) is 0 Å². The van der Waals surface area contributed by atoms with Gasteiger partial charge in [-0.2, -0.15) is 0 Å². The summed E-state index contributed by atoms with van der Waals surface area (Å²) in [5.74, 6) is -0.883. The Morgan fingerprint density at radius 3 is 0.903 bits per heavy atom. The summed E-state index contributed by atoms with van der Waals surface area (Å²) in [5.41, 5.74) is 0. The first-order valence-electron chi connectivity index (χ1n) is 10.8. The molecule has 182 valence electrons.